The van der Waals surface area contributed by atoms with Gasteiger partial charge >= 0.3 is 24.1 Å². The van der Waals surface area contributed by atoms with Gasteiger partial charge in [0.1, 0.15) is 24.2 Å². The lowest BCUT2D eigenvalue weighted by atomic mass is 10.2. The van der Waals surface area contributed by atoms with E-state index in [0.717, 1.165) is 23.0 Å². The van der Waals surface area contributed by atoms with Crippen molar-refractivity contribution in [2.45, 2.75) is 62.4 Å². The highest BCUT2D eigenvalue weighted by Crippen LogP contribution is 2.04. The van der Waals surface area contributed by atoms with Crippen molar-refractivity contribution in [1.82, 2.24) is 21.3 Å². The lowest BCUT2D eigenvalue weighted by Crippen LogP contribution is -2.46. The third-order valence-corrected chi connectivity index (χ3v) is 8.93. The number of carboxylic acids is 1. The van der Waals surface area contributed by atoms with Crippen molar-refractivity contribution in [1.29, 1.82) is 5.26 Å². The number of hydrogen-bond acceptors (Lipinski definition) is 15. The molecule has 0 bridgehead atoms. The number of aliphatic carboxylic acids is 1. The lowest BCUT2D eigenvalue weighted by molar-refractivity contribution is -0.139. The van der Waals surface area contributed by atoms with Crippen LogP contribution in [0, 0.1) is 11.3 Å². The van der Waals surface area contributed by atoms with Gasteiger partial charge in [0.25, 0.3) is 5.91 Å². The Morgan fingerprint density at radius 1 is 0.750 bits per heavy atom. The molecule has 1 heterocycles. The number of carbonyl (C=O) groups excluding carboxylic acids is 6. The highest BCUT2D eigenvalue weighted by molar-refractivity contribution is 7.99. The summed E-state index contributed by atoms with van der Waals surface area (Å²) in [5.74, 6) is 1.85. The number of carboxylic acid groups (broad SMARTS) is 1. The number of carbonyl (C=O) groups is 7. The van der Waals surface area contributed by atoms with Gasteiger partial charge in [-0.2, -0.15) is 64.1 Å². The Morgan fingerprint density at radius 2 is 1.17 bits per heavy atom. The number of nitrogens with two attached hydrogens (primary N) is 5. The third-order valence-electron chi connectivity index (χ3n) is 5.71. The molecule has 0 aliphatic carbocycles. The Hall–Kier alpha value is -2.95. The Kier molecular flexibility index (Phi) is 40.6. The van der Waals surface area contributed by atoms with Crippen molar-refractivity contribution in [3.63, 3.8) is 0 Å². The van der Waals surface area contributed by atoms with Gasteiger partial charge in [-0.05, 0) is 92.1 Å². The predicted octanol–water partition coefficient (Wildman–Crippen LogP) is -0.754. The average Bonchev–Trinajstić information content (AvgIpc) is 3.41. The van der Waals surface area contributed by atoms with Crippen LogP contribution in [0.25, 0.3) is 0 Å². The van der Waals surface area contributed by atoms with Gasteiger partial charge in [0.15, 0.2) is 0 Å². The second-order valence-corrected chi connectivity index (χ2v) is 14.9. The van der Waals surface area contributed by atoms with Gasteiger partial charge in [-0.3, -0.25) is 19.7 Å². The number of hydrogen-bond donors (Lipinski definition) is 11. The normalized spacial score (nSPS) is 14.7. The molecular formula is C28H56N10O9S5. The molecule has 9 amide bonds. The highest BCUT2D eigenvalue weighted by Gasteiger charge is 2.28. The second kappa shape index (κ2) is 37.8. The summed E-state index contributed by atoms with van der Waals surface area (Å²) >= 11 is 8.05. The molecule has 1 saturated heterocycles. The topological polar surface area (TPSA) is 362 Å². The van der Waals surface area contributed by atoms with Gasteiger partial charge in [-0.15, -0.1) is 0 Å². The number of urea groups is 3. The van der Waals surface area contributed by atoms with E-state index in [4.69, 9.17) is 44.1 Å². The summed E-state index contributed by atoms with van der Waals surface area (Å²) in [6.07, 6.45) is 11.8. The van der Waals surface area contributed by atoms with Crippen LogP contribution >= 0.6 is 58.8 Å². The average molecular weight is 837 g/mol. The first-order valence-electron chi connectivity index (χ1n) is 15.2. The monoisotopic (exact) mass is 836 g/mol. The SMILES string of the molecule is CSCCC(N)C(N)=O.CSCCC(NC(N)=O)C(=O)O.CSCCC(NC(N)=O)C(N)=O.CSCCC(O)C#N.CSCCC1NC(=O)NC1=O. The zero-order valence-electron chi connectivity index (χ0n) is 30.1. The second-order valence-electron chi connectivity index (χ2n) is 9.94. The number of amides is 9. The van der Waals surface area contributed by atoms with Crippen molar-refractivity contribution in [3.8, 4) is 6.07 Å². The number of nitrogens with zero attached hydrogens (tertiary/aromatic N) is 1. The van der Waals surface area contributed by atoms with Crippen molar-refractivity contribution in [2.75, 3.05) is 60.0 Å². The van der Waals surface area contributed by atoms with Gasteiger partial charge in [0.05, 0.1) is 12.1 Å². The maximum Gasteiger partial charge on any atom is 0.326 e. The van der Waals surface area contributed by atoms with E-state index in [1.54, 1.807) is 53.1 Å². The number of nitrogens with one attached hydrogen (secondary N) is 4. The van der Waals surface area contributed by atoms with E-state index in [9.17, 15) is 33.6 Å². The smallest absolute Gasteiger partial charge is 0.326 e. The van der Waals surface area contributed by atoms with Crippen LogP contribution in [-0.2, 0) is 19.2 Å². The van der Waals surface area contributed by atoms with Crippen molar-refractivity contribution in [2.24, 2.45) is 28.7 Å². The molecule has 52 heavy (non-hydrogen) atoms. The molecule has 5 unspecified atom stereocenters. The molecule has 0 aromatic rings. The van der Waals surface area contributed by atoms with Gasteiger partial charge in [-0.25, -0.2) is 19.2 Å². The largest absolute Gasteiger partial charge is 0.480 e. The molecule has 1 rings (SSSR count). The Morgan fingerprint density at radius 3 is 1.52 bits per heavy atom. The summed E-state index contributed by atoms with van der Waals surface area (Å²) in [5, 5.41) is 34.3. The van der Waals surface area contributed by atoms with Crippen molar-refractivity contribution in [3.05, 3.63) is 0 Å². The molecule has 0 radical (unpaired) electrons. The molecular weight excluding hydrogens is 781 g/mol. The van der Waals surface area contributed by atoms with Gasteiger partial charge in [-0.1, -0.05) is 0 Å². The molecule has 24 heteroatoms. The Bertz CT molecular complexity index is 1060. The number of aliphatic hydroxyl groups excluding tert-OH is 1. The van der Waals surface area contributed by atoms with E-state index in [1.807, 2.05) is 31.3 Å². The number of thioether (sulfide) groups is 5. The van der Waals surface area contributed by atoms with Gasteiger partial charge in [0, 0.05) is 0 Å². The Labute approximate surface area is 326 Å². The molecule has 0 aromatic carbocycles. The molecule has 19 nitrogen and oxygen atoms in total. The summed E-state index contributed by atoms with van der Waals surface area (Å²) in [7, 11) is 0. The number of nitriles is 1. The molecule has 0 spiro atoms. The summed E-state index contributed by atoms with van der Waals surface area (Å²) < 4.78 is 0. The molecule has 0 aromatic heterocycles. The molecule has 1 fully saturated rings. The van der Waals surface area contributed by atoms with E-state index in [1.165, 1.54) is 11.8 Å². The van der Waals surface area contributed by atoms with E-state index in [0.29, 0.717) is 37.9 Å². The number of rotatable bonds is 20. The van der Waals surface area contributed by atoms with Crippen LogP contribution in [0.1, 0.15) is 32.1 Å². The first-order valence-corrected chi connectivity index (χ1v) is 22.2. The van der Waals surface area contributed by atoms with Gasteiger partial charge < -0.3 is 54.8 Å². The quantitative estimate of drug-likeness (QED) is 0.0531. The molecule has 0 saturated carbocycles. The maximum atomic E-state index is 10.9. The molecule has 1 aliphatic rings. The van der Waals surface area contributed by atoms with E-state index < -0.39 is 54.1 Å². The Balaban J connectivity index is -0.000000279. The van der Waals surface area contributed by atoms with Crippen LogP contribution in [0.4, 0.5) is 14.4 Å². The van der Waals surface area contributed by atoms with E-state index in [-0.39, 0.29) is 18.0 Å². The highest BCUT2D eigenvalue weighted by atomic mass is 32.2. The summed E-state index contributed by atoms with van der Waals surface area (Å²) in [5.41, 5.74) is 24.8. The van der Waals surface area contributed by atoms with Crippen LogP contribution < -0.4 is 49.9 Å². The van der Waals surface area contributed by atoms with E-state index >= 15 is 0 Å². The zero-order chi connectivity index (χ0) is 41.1. The minimum Gasteiger partial charge on any atom is -0.480 e. The first-order chi connectivity index (χ1) is 24.4. The van der Waals surface area contributed by atoms with Crippen LogP contribution in [0.2, 0.25) is 0 Å². The standard InChI is InChI=1S/C6H13N3O2S.C6H12N2O3S.C6H10N2O2S.C5H12N2OS.C5H9NOS/c1-12-3-2-4(5(7)10)9-6(8)11;1-12-3-2-4(5(9)10)8-6(7)11;1-11-3-2-4-5(9)8-6(10)7-4;1-9-3-2-4(6)5(7)8;1-8-3-2-5(7)4-6/h4H,2-3H2,1H3,(H2,7,10)(H3,8,9,11);4H,2-3H2,1H3,(H,9,10)(H3,7,8,11);4H,2-3H2,1H3,(H2,7,8,9,10);4H,2-3,6H2,1H3,(H2,7,8);5,7H,2-3H2,1H3. The lowest BCUT2D eigenvalue weighted by Gasteiger charge is -2.12. The summed E-state index contributed by atoms with van der Waals surface area (Å²) in [6, 6.07) is -2.44. The molecule has 1 aliphatic heterocycles. The van der Waals surface area contributed by atoms with Crippen LogP contribution in [0.15, 0.2) is 0 Å². The number of primary amides is 4. The van der Waals surface area contributed by atoms with Crippen LogP contribution in [0.3, 0.4) is 0 Å². The van der Waals surface area contributed by atoms with Crippen molar-refractivity contribution < 1.29 is 43.8 Å². The van der Waals surface area contributed by atoms with Gasteiger partial charge in [0.2, 0.25) is 11.8 Å². The fourth-order valence-corrected chi connectivity index (χ4v) is 5.30. The van der Waals surface area contributed by atoms with Crippen LogP contribution in [-0.4, -0.2) is 142 Å². The summed E-state index contributed by atoms with van der Waals surface area (Å²) in [6.45, 7) is 0. The minimum absolute atomic E-state index is 0.205. The zero-order valence-corrected chi connectivity index (χ0v) is 34.2. The van der Waals surface area contributed by atoms with E-state index in [2.05, 4.69) is 21.3 Å². The molecule has 302 valence electrons. The fraction of sp³-hybridized carbons (Fsp3) is 0.714. The molecule has 16 N–H and O–H groups in total. The van der Waals surface area contributed by atoms with Crippen LogP contribution in [0.5, 0.6) is 0 Å². The number of imide groups is 1. The van der Waals surface area contributed by atoms with Crippen molar-refractivity contribution >= 4 is 101 Å². The fourth-order valence-electron chi connectivity index (χ4n) is 2.94. The predicted molar refractivity (Wildman–Crippen MR) is 214 cm³/mol. The first kappa shape index (κ1) is 55.8. The summed E-state index contributed by atoms with van der Waals surface area (Å²) in [4.78, 5) is 73.6. The number of aliphatic hydroxyl groups is 1. The maximum absolute atomic E-state index is 10.9. The molecule has 5 atom stereocenters. The third kappa shape index (κ3) is 38.3. The minimum atomic E-state index is -1.05.